The van der Waals surface area contributed by atoms with Gasteiger partial charge in [0.2, 0.25) is 5.91 Å². The third kappa shape index (κ3) is 5.04. The van der Waals surface area contributed by atoms with E-state index in [-0.39, 0.29) is 18.9 Å². The number of amides is 1. The van der Waals surface area contributed by atoms with Gasteiger partial charge >= 0.3 is 0 Å². The molecule has 0 aliphatic heterocycles. The normalized spacial score (nSPS) is 10.5. The Labute approximate surface area is 108 Å². The van der Waals surface area contributed by atoms with Crippen LogP contribution in [0.4, 0.5) is 0 Å². The van der Waals surface area contributed by atoms with Gasteiger partial charge in [-0.1, -0.05) is 34.4 Å². The summed E-state index contributed by atoms with van der Waals surface area (Å²) in [6.07, 6.45) is 1.37. The number of hydrogen-bond donors (Lipinski definition) is 2. The molecule has 1 amide bonds. The van der Waals surface area contributed by atoms with Crippen molar-refractivity contribution < 1.29 is 9.63 Å². The largest absolute Gasteiger partial charge is 0.391 e. The van der Waals surface area contributed by atoms with Gasteiger partial charge in [-0.25, -0.2) is 5.84 Å². The first kappa shape index (κ1) is 13.8. The average molecular weight is 276 g/mol. The summed E-state index contributed by atoms with van der Waals surface area (Å²) < 4.78 is 0. The summed E-state index contributed by atoms with van der Waals surface area (Å²) in [4.78, 5) is 15.7. The van der Waals surface area contributed by atoms with Gasteiger partial charge in [0.1, 0.15) is 6.61 Å². The fourth-order valence-corrected chi connectivity index (χ4v) is 1.44. The predicted molar refractivity (Wildman–Crippen MR) is 66.7 cm³/mol. The zero-order valence-corrected chi connectivity index (χ0v) is 10.3. The van der Waals surface area contributed by atoms with Crippen LogP contribution in [0.5, 0.6) is 0 Å². The quantitative estimate of drug-likeness (QED) is 0.373. The molecule has 5 nitrogen and oxygen atoms in total. The van der Waals surface area contributed by atoms with Crippen molar-refractivity contribution in [2.75, 3.05) is 0 Å². The van der Waals surface area contributed by atoms with Crippen LogP contribution in [0.15, 0.2) is 23.4 Å². The summed E-state index contributed by atoms with van der Waals surface area (Å²) in [6, 6.07) is 5.07. The number of carbonyl (C=O) groups is 1. The molecule has 1 aromatic rings. The summed E-state index contributed by atoms with van der Waals surface area (Å²) in [5.41, 5.74) is 2.73. The molecule has 92 valence electrons. The summed E-state index contributed by atoms with van der Waals surface area (Å²) in [6.45, 7) is 0.205. The van der Waals surface area contributed by atoms with Crippen molar-refractivity contribution in [1.82, 2.24) is 5.43 Å². The van der Waals surface area contributed by atoms with Gasteiger partial charge < -0.3 is 4.84 Å². The Morgan fingerprint density at radius 3 is 2.94 bits per heavy atom. The second-order valence-electron chi connectivity index (χ2n) is 3.07. The van der Waals surface area contributed by atoms with Crippen LogP contribution in [0.1, 0.15) is 12.0 Å². The minimum Gasteiger partial charge on any atom is -0.391 e. The molecule has 1 rings (SSSR count). The Morgan fingerprint density at radius 1 is 1.53 bits per heavy atom. The van der Waals surface area contributed by atoms with Gasteiger partial charge in [0.25, 0.3) is 0 Å². The van der Waals surface area contributed by atoms with Crippen LogP contribution >= 0.6 is 23.2 Å². The van der Waals surface area contributed by atoms with Crippen LogP contribution in [0.25, 0.3) is 0 Å². The fraction of sp³-hybridized carbons (Fsp3) is 0.200. The van der Waals surface area contributed by atoms with Crippen molar-refractivity contribution in [3.05, 3.63) is 33.8 Å². The topological polar surface area (TPSA) is 76.7 Å². The summed E-state index contributed by atoms with van der Waals surface area (Å²) in [5.74, 6) is 4.53. The second kappa shape index (κ2) is 7.11. The SMILES string of the molecule is NNC(=O)CC=NOCc1ccc(Cl)cc1Cl. The van der Waals surface area contributed by atoms with Crippen LogP contribution in [0.3, 0.4) is 0 Å². The maximum atomic E-state index is 10.7. The minimum atomic E-state index is -0.345. The molecule has 3 N–H and O–H groups in total. The highest BCUT2D eigenvalue weighted by Crippen LogP contribution is 2.21. The van der Waals surface area contributed by atoms with E-state index in [0.29, 0.717) is 10.0 Å². The Morgan fingerprint density at radius 2 is 2.29 bits per heavy atom. The lowest BCUT2D eigenvalue weighted by atomic mass is 10.2. The number of oxime groups is 1. The molecule has 0 fully saturated rings. The van der Waals surface area contributed by atoms with Gasteiger partial charge in [-0.3, -0.25) is 10.2 Å². The number of hydrazine groups is 1. The first-order valence-corrected chi connectivity index (χ1v) is 5.46. The van der Waals surface area contributed by atoms with E-state index in [1.165, 1.54) is 6.21 Å². The van der Waals surface area contributed by atoms with Gasteiger partial charge in [-0.15, -0.1) is 0 Å². The molecule has 17 heavy (non-hydrogen) atoms. The Hall–Kier alpha value is -1.30. The number of carbonyl (C=O) groups excluding carboxylic acids is 1. The van der Waals surface area contributed by atoms with E-state index in [1.54, 1.807) is 18.2 Å². The number of benzene rings is 1. The number of hydrogen-bond acceptors (Lipinski definition) is 4. The van der Waals surface area contributed by atoms with Crippen LogP contribution < -0.4 is 11.3 Å². The van der Waals surface area contributed by atoms with Crippen molar-refractivity contribution in [2.45, 2.75) is 13.0 Å². The molecular formula is C10H11Cl2N3O2. The highest BCUT2D eigenvalue weighted by atomic mass is 35.5. The molecule has 0 atom stereocenters. The number of nitrogens with one attached hydrogen (secondary N) is 1. The summed E-state index contributed by atoms with van der Waals surface area (Å²) in [5, 5.41) is 4.65. The number of nitrogens with two attached hydrogens (primary N) is 1. The Bertz CT molecular complexity index is 424. The van der Waals surface area contributed by atoms with Gasteiger partial charge in [0.05, 0.1) is 12.6 Å². The lowest BCUT2D eigenvalue weighted by Gasteiger charge is -2.02. The lowest BCUT2D eigenvalue weighted by Crippen LogP contribution is -2.29. The highest BCUT2D eigenvalue weighted by Gasteiger charge is 2.01. The van der Waals surface area contributed by atoms with Crippen molar-refractivity contribution in [3.8, 4) is 0 Å². The number of nitrogens with zero attached hydrogens (tertiary/aromatic N) is 1. The number of rotatable bonds is 5. The van der Waals surface area contributed by atoms with Crippen molar-refractivity contribution in [3.63, 3.8) is 0 Å². The van der Waals surface area contributed by atoms with E-state index >= 15 is 0 Å². The van der Waals surface area contributed by atoms with Crippen LogP contribution in [0, 0.1) is 0 Å². The molecule has 0 aliphatic rings. The molecule has 0 unspecified atom stereocenters. The van der Waals surface area contributed by atoms with Gasteiger partial charge in [-0.05, 0) is 12.1 Å². The molecule has 0 saturated carbocycles. The van der Waals surface area contributed by atoms with E-state index in [1.807, 2.05) is 5.43 Å². The van der Waals surface area contributed by atoms with Crippen LogP contribution in [-0.2, 0) is 16.2 Å². The van der Waals surface area contributed by atoms with Gasteiger partial charge in [0, 0.05) is 15.6 Å². The molecule has 0 aromatic heterocycles. The molecule has 0 saturated heterocycles. The number of halogens is 2. The first-order valence-electron chi connectivity index (χ1n) is 4.70. The lowest BCUT2D eigenvalue weighted by molar-refractivity contribution is -0.119. The summed E-state index contributed by atoms with van der Waals surface area (Å²) >= 11 is 11.7. The van der Waals surface area contributed by atoms with Crippen molar-refractivity contribution in [2.24, 2.45) is 11.0 Å². The fourth-order valence-electron chi connectivity index (χ4n) is 0.977. The molecule has 0 spiro atoms. The minimum absolute atomic E-state index is 0.0604. The zero-order valence-electron chi connectivity index (χ0n) is 8.82. The average Bonchev–Trinajstić information content (AvgIpc) is 2.30. The van der Waals surface area contributed by atoms with E-state index in [0.717, 1.165) is 5.56 Å². The standard InChI is InChI=1S/C10H11Cl2N3O2/c11-8-2-1-7(9(12)5-8)6-17-14-4-3-10(16)15-13/h1-2,4-5H,3,6,13H2,(H,15,16). The molecule has 0 bridgehead atoms. The Kier molecular flexibility index (Phi) is 5.76. The predicted octanol–water partition coefficient (Wildman–Crippen LogP) is 1.88. The monoisotopic (exact) mass is 275 g/mol. The van der Waals surface area contributed by atoms with E-state index in [4.69, 9.17) is 33.9 Å². The maximum Gasteiger partial charge on any atom is 0.239 e. The third-order valence-corrected chi connectivity index (χ3v) is 2.41. The third-order valence-electron chi connectivity index (χ3n) is 1.82. The van der Waals surface area contributed by atoms with E-state index in [9.17, 15) is 4.79 Å². The summed E-state index contributed by atoms with van der Waals surface area (Å²) in [7, 11) is 0. The van der Waals surface area contributed by atoms with Crippen molar-refractivity contribution in [1.29, 1.82) is 0 Å². The van der Waals surface area contributed by atoms with Crippen LogP contribution in [-0.4, -0.2) is 12.1 Å². The molecule has 0 aliphatic carbocycles. The maximum absolute atomic E-state index is 10.7. The van der Waals surface area contributed by atoms with Gasteiger partial charge in [0.15, 0.2) is 0 Å². The second-order valence-corrected chi connectivity index (χ2v) is 3.91. The first-order chi connectivity index (χ1) is 8.13. The van der Waals surface area contributed by atoms with Crippen LogP contribution in [0.2, 0.25) is 10.0 Å². The van der Waals surface area contributed by atoms with E-state index < -0.39 is 0 Å². The Balaban J connectivity index is 2.38. The zero-order chi connectivity index (χ0) is 12.7. The molecule has 1 aromatic carbocycles. The molecule has 0 heterocycles. The smallest absolute Gasteiger partial charge is 0.239 e. The van der Waals surface area contributed by atoms with Gasteiger partial charge in [-0.2, -0.15) is 0 Å². The molecule has 0 radical (unpaired) electrons. The van der Waals surface area contributed by atoms with Crippen molar-refractivity contribution >= 4 is 35.3 Å². The van der Waals surface area contributed by atoms with E-state index in [2.05, 4.69) is 5.16 Å². The molecular weight excluding hydrogens is 265 g/mol. The molecule has 7 heteroatoms. The highest BCUT2D eigenvalue weighted by molar-refractivity contribution is 6.35.